The summed E-state index contributed by atoms with van der Waals surface area (Å²) in [6, 6.07) is 35.4. The zero-order valence-electron chi connectivity index (χ0n) is 53.1. The average Bonchev–Trinajstić information content (AvgIpc) is 2.15. The molecule has 12 heteroatoms. The van der Waals surface area contributed by atoms with E-state index in [0.717, 1.165) is 48.9 Å². The van der Waals surface area contributed by atoms with Crippen LogP contribution in [0, 0.1) is 75.0 Å². The van der Waals surface area contributed by atoms with Crippen molar-refractivity contribution < 1.29 is 19.2 Å². The van der Waals surface area contributed by atoms with Crippen LogP contribution in [0.25, 0.3) is 0 Å². The maximum Gasteiger partial charge on any atom is 0.325 e. The van der Waals surface area contributed by atoms with Gasteiger partial charge in [0, 0.05) is 48.9 Å². The van der Waals surface area contributed by atoms with Crippen LogP contribution in [0.2, 0.25) is 0 Å². The Morgan fingerprint density at radius 3 is 0.774 bits per heavy atom. The number of fused-ring (bicyclic) bond motifs is 4. The highest BCUT2D eigenvalue weighted by Gasteiger charge is 2.53. The number of hydrogen-bond donors (Lipinski definition) is 0. The summed E-state index contributed by atoms with van der Waals surface area (Å²) in [5.74, 6) is 3.64. The van der Waals surface area contributed by atoms with E-state index in [9.17, 15) is 19.2 Å². The second kappa shape index (κ2) is 25.6. The SMILES string of the molecule is Cc1ccc(N2C(=O)N(CC(C)C)[C@H]3[C@H](C)C=C[C@H]32)cc1.Cc1ccc(N2C(=O)N(CC(C)C)[C@H]3[C@H](C)C=C[C@H]32)cc1.Cc1ccc(N2C(=O)N(CC(C)C)[C@H]3[C@H](C)C=C[C@H]32)cc1.Cc1cccc(N2C(=O)N(CC(C)C)[C@H]3[C@H](C)C=C[C@H]32)c1. The van der Waals surface area contributed by atoms with Crippen molar-refractivity contribution in [2.24, 2.45) is 47.3 Å². The van der Waals surface area contributed by atoms with E-state index in [1.54, 1.807) is 0 Å². The number of urea groups is 4. The van der Waals surface area contributed by atoms with Gasteiger partial charge < -0.3 is 19.6 Å². The highest BCUT2D eigenvalue weighted by atomic mass is 16.2. The topological polar surface area (TPSA) is 94.2 Å². The molecule has 0 unspecified atom stereocenters. The largest absolute Gasteiger partial charge is 0.325 e. The van der Waals surface area contributed by atoms with Crippen molar-refractivity contribution in [3.63, 3.8) is 0 Å². The van der Waals surface area contributed by atoms with Gasteiger partial charge in [0.25, 0.3) is 0 Å². The maximum atomic E-state index is 12.9. The fraction of sp³-hybridized carbons (Fsp3) is 0.500. The molecule has 0 bridgehead atoms. The minimum atomic E-state index is 0.152. The Balaban J connectivity index is 0.000000134. The highest BCUT2D eigenvalue weighted by Crippen LogP contribution is 2.42. The normalized spacial score (nSPS) is 27.9. The van der Waals surface area contributed by atoms with E-state index in [2.05, 4.69) is 264 Å². The third-order valence-electron chi connectivity index (χ3n) is 17.9. The van der Waals surface area contributed by atoms with E-state index in [4.69, 9.17) is 0 Å². The van der Waals surface area contributed by atoms with Crippen molar-refractivity contribution >= 4 is 46.9 Å². The molecule has 4 aliphatic carbocycles. The van der Waals surface area contributed by atoms with Gasteiger partial charge >= 0.3 is 24.1 Å². The summed E-state index contributed by atoms with van der Waals surface area (Å²) in [5.41, 5.74) is 8.87. The molecule has 12 atom stereocenters. The van der Waals surface area contributed by atoms with E-state index in [1.807, 2.05) is 31.7 Å². The van der Waals surface area contributed by atoms with Crippen LogP contribution in [0.5, 0.6) is 0 Å². The van der Waals surface area contributed by atoms with Gasteiger partial charge in [0.05, 0.1) is 48.3 Å². The molecule has 4 fully saturated rings. The Bertz CT molecular complexity index is 2840. The van der Waals surface area contributed by atoms with Crippen molar-refractivity contribution in [1.82, 2.24) is 19.6 Å². The molecule has 448 valence electrons. The molecule has 8 aliphatic rings. The Hall–Kier alpha value is -7.08. The lowest BCUT2D eigenvalue weighted by molar-refractivity contribution is 0.185. The van der Waals surface area contributed by atoms with Crippen LogP contribution in [0.4, 0.5) is 41.9 Å². The maximum absolute atomic E-state index is 12.9. The Labute approximate surface area is 503 Å². The molecule has 84 heavy (non-hydrogen) atoms. The second-order valence-electron chi connectivity index (χ2n) is 27.0. The second-order valence-corrected chi connectivity index (χ2v) is 27.0. The minimum absolute atomic E-state index is 0.152. The minimum Gasteiger partial charge on any atom is -0.318 e. The van der Waals surface area contributed by atoms with E-state index >= 15 is 0 Å². The van der Waals surface area contributed by atoms with Crippen LogP contribution in [0.15, 0.2) is 146 Å². The first-order valence-electron chi connectivity index (χ1n) is 31.3. The summed E-state index contributed by atoms with van der Waals surface area (Å²) in [5, 5.41) is 0. The third kappa shape index (κ3) is 12.5. The van der Waals surface area contributed by atoms with Gasteiger partial charge in [0.2, 0.25) is 0 Å². The van der Waals surface area contributed by atoms with Crippen molar-refractivity contribution in [2.45, 2.75) is 159 Å². The molecule has 0 radical (unpaired) electrons. The molecule has 12 nitrogen and oxygen atoms in total. The van der Waals surface area contributed by atoms with Crippen molar-refractivity contribution in [2.75, 3.05) is 45.8 Å². The first-order chi connectivity index (χ1) is 39.9. The van der Waals surface area contributed by atoms with Gasteiger partial charge in [-0.25, -0.2) is 19.2 Å². The van der Waals surface area contributed by atoms with E-state index in [0.29, 0.717) is 47.3 Å². The molecular formula is C72H96N8O4. The first-order valence-corrected chi connectivity index (χ1v) is 31.3. The molecule has 0 aromatic heterocycles. The van der Waals surface area contributed by atoms with Gasteiger partial charge in [-0.2, -0.15) is 0 Å². The predicted molar refractivity (Wildman–Crippen MR) is 346 cm³/mol. The summed E-state index contributed by atoms with van der Waals surface area (Å²) in [6.07, 6.45) is 17.8. The third-order valence-corrected chi connectivity index (χ3v) is 17.9. The van der Waals surface area contributed by atoms with E-state index in [1.165, 1.54) is 22.3 Å². The smallest absolute Gasteiger partial charge is 0.318 e. The van der Waals surface area contributed by atoms with Crippen LogP contribution in [-0.4, -0.2) is 118 Å². The molecule has 12 rings (SSSR count). The summed E-state index contributed by atoms with van der Waals surface area (Å²) in [6.45, 7) is 37.8. The molecule has 4 aromatic rings. The number of benzene rings is 4. The van der Waals surface area contributed by atoms with Crippen LogP contribution >= 0.6 is 0 Å². The van der Waals surface area contributed by atoms with Gasteiger partial charge in [-0.3, -0.25) is 19.6 Å². The van der Waals surface area contributed by atoms with Crippen molar-refractivity contribution in [3.8, 4) is 0 Å². The van der Waals surface area contributed by atoms with E-state index < -0.39 is 0 Å². The average molecular weight is 1140 g/mol. The number of hydrogen-bond acceptors (Lipinski definition) is 4. The summed E-state index contributed by atoms with van der Waals surface area (Å²) >= 11 is 0. The fourth-order valence-corrected chi connectivity index (χ4v) is 14.1. The molecule has 0 saturated carbocycles. The molecule has 4 heterocycles. The molecule has 4 saturated heterocycles. The Morgan fingerprint density at radius 2 is 0.548 bits per heavy atom. The number of rotatable bonds is 12. The Morgan fingerprint density at radius 1 is 0.310 bits per heavy atom. The van der Waals surface area contributed by atoms with Gasteiger partial charge in [-0.05, 0) is 129 Å². The van der Waals surface area contributed by atoms with Gasteiger partial charge in [0.1, 0.15) is 0 Å². The van der Waals surface area contributed by atoms with E-state index in [-0.39, 0.29) is 72.5 Å². The number of carbonyl (C=O) groups excluding carboxylic acids is 4. The quantitative estimate of drug-likeness (QED) is 0.132. The molecule has 4 aromatic carbocycles. The monoisotopic (exact) mass is 1140 g/mol. The number of aryl methyl sites for hydroxylation is 4. The standard InChI is InChI=1S/4C18H24N2O/c3*1-12(2)11-19-17-14(4)7-10-16(17)20(18(19)21)15-8-5-13(3)6-9-15;1-12(2)11-19-17-14(4)8-9-16(17)20(18(19)21)15-7-5-6-13(3)10-15/h4*5-10,12,14,16-17H,11H2,1-4H3/t4*14-,16-,17+/m1111/s1. The predicted octanol–water partition coefficient (Wildman–Crippen LogP) is 15.3. The van der Waals surface area contributed by atoms with Crippen LogP contribution in [0.1, 0.15) is 105 Å². The van der Waals surface area contributed by atoms with Gasteiger partial charge in [-0.15, -0.1) is 0 Å². The zero-order valence-corrected chi connectivity index (χ0v) is 53.1. The van der Waals surface area contributed by atoms with Gasteiger partial charge in [-0.1, -0.05) is 197 Å². The number of nitrogens with zero attached hydrogens (tertiary/aromatic N) is 8. The van der Waals surface area contributed by atoms with Crippen LogP contribution < -0.4 is 19.6 Å². The highest BCUT2D eigenvalue weighted by molar-refractivity contribution is 5.99. The molecule has 8 amide bonds. The molecule has 0 N–H and O–H groups in total. The first kappa shape index (κ1) is 61.5. The lowest BCUT2D eigenvalue weighted by atomic mass is 10.0. The zero-order chi connectivity index (χ0) is 60.6. The van der Waals surface area contributed by atoms with Crippen molar-refractivity contribution in [1.29, 1.82) is 0 Å². The summed E-state index contributed by atoms with van der Waals surface area (Å²) in [4.78, 5) is 67.8. The van der Waals surface area contributed by atoms with Crippen LogP contribution in [-0.2, 0) is 0 Å². The lowest BCUT2D eigenvalue weighted by Crippen LogP contribution is -2.40. The van der Waals surface area contributed by atoms with Crippen molar-refractivity contribution in [3.05, 3.63) is 168 Å². The lowest BCUT2D eigenvalue weighted by Gasteiger charge is -2.27. The van der Waals surface area contributed by atoms with Crippen LogP contribution in [0.3, 0.4) is 0 Å². The Kier molecular flexibility index (Phi) is 18.8. The molecule has 4 aliphatic heterocycles. The number of carbonyl (C=O) groups is 4. The summed E-state index contributed by atoms with van der Waals surface area (Å²) < 4.78 is 0. The number of anilines is 4. The molecule has 0 spiro atoms. The fourth-order valence-electron chi connectivity index (χ4n) is 14.1. The van der Waals surface area contributed by atoms with Gasteiger partial charge in [0.15, 0.2) is 0 Å². The molecular weight excluding hydrogens is 1040 g/mol. The number of amides is 8. The summed E-state index contributed by atoms with van der Waals surface area (Å²) in [7, 11) is 0.